The van der Waals surface area contributed by atoms with E-state index in [1.807, 2.05) is 0 Å². The standard InChI is InChI=1S/C15H16FN3O3/c1-9(20)18-13-7-12(14(19-13)15(21)17-2)22-8-10-5-3-4-6-11(10)16/h3-7,19H,8H2,1-2H3,(H,17,21)(H,18,20). The predicted octanol–water partition coefficient (Wildman–Crippen LogP) is 2.05. The van der Waals surface area contributed by atoms with Gasteiger partial charge in [-0.3, -0.25) is 9.59 Å². The Bertz CT molecular complexity index is 697. The van der Waals surface area contributed by atoms with Crippen LogP contribution in [0.5, 0.6) is 5.75 Å². The van der Waals surface area contributed by atoms with Crippen LogP contribution in [0.4, 0.5) is 10.2 Å². The Kier molecular flexibility index (Phi) is 4.77. The SMILES string of the molecule is CNC(=O)c1[nH]c(NC(C)=O)cc1OCc1ccccc1F. The summed E-state index contributed by atoms with van der Waals surface area (Å²) in [5, 5.41) is 4.99. The van der Waals surface area contributed by atoms with Crippen LogP contribution in [0.2, 0.25) is 0 Å². The highest BCUT2D eigenvalue weighted by Gasteiger charge is 2.17. The van der Waals surface area contributed by atoms with Gasteiger partial charge >= 0.3 is 0 Å². The number of hydrogen-bond acceptors (Lipinski definition) is 3. The van der Waals surface area contributed by atoms with Crippen molar-refractivity contribution in [3.05, 3.63) is 47.4 Å². The van der Waals surface area contributed by atoms with Crippen molar-refractivity contribution >= 4 is 17.6 Å². The molecular formula is C15H16FN3O3. The third kappa shape index (κ3) is 3.63. The van der Waals surface area contributed by atoms with E-state index >= 15 is 0 Å². The molecular weight excluding hydrogens is 289 g/mol. The van der Waals surface area contributed by atoms with Crippen molar-refractivity contribution < 1.29 is 18.7 Å². The molecule has 2 aromatic rings. The van der Waals surface area contributed by atoms with E-state index in [4.69, 9.17) is 4.74 Å². The first-order valence-electron chi connectivity index (χ1n) is 6.60. The first-order chi connectivity index (χ1) is 10.5. The smallest absolute Gasteiger partial charge is 0.271 e. The van der Waals surface area contributed by atoms with Gasteiger partial charge in [-0.05, 0) is 6.07 Å². The molecule has 116 valence electrons. The number of amides is 2. The van der Waals surface area contributed by atoms with E-state index in [0.29, 0.717) is 11.4 Å². The van der Waals surface area contributed by atoms with Crippen LogP contribution in [0.25, 0.3) is 0 Å². The average Bonchev–Trinajstić information content (AvgIpc) is 2.87. The van der Waals surface area contributed by atoms with Crippen LogP contribution in [0.15, 0.2) is 30.3 Å². The lowest BCUT2D eigenvalue weighted by Gasteiger charge is -2.07. The molecule has 22 heavy (non-hydrogen) atoms. The lowest BCUT2D eigenvalue weighted by molar-refractivity contribution is -0.114. The maximum absolute atomic E-state index is 13.6. The average molecular weight is 305 g/mol. The predicted molar refractivity (Wildman–Crippen MR) is 79.2 cm³/mol. The monoisotopic (exact) mass is 305 g/mol. The van der Waals surface area contributed by atoms with Gasteiger partial charge in [0, 0.05) is 25.6 Å². The quantitative estimate of drug-likeness (QED) is 0.790. The number of aromatic nitrogens is 1. The number of halogens is 1. The summed E-state index contributed by atoms with van der Waals surface area (Å²) in [6.07, 6.45) is 0. The molecule has 2 amide bonds. The third-order valence-corrected chi connectivity index (χ3v) is 2.89. The van der Waals surface area contributed by atoms with E-state index in [0.717, 1.165) is 0 Å². The lowest BCUT2D eigenvalue weighted by atomic mass is 10.2. The van der Waals surface area contributed by atoms with E-state index in [1.165, 1.54) is 26.1 Å². The molecule has 0 saturated carbocycles. The molecule has 0 atom stereocenters. The van der Waals surface area contributed by atoms with Crippen LogP contribution in [0.1, 0.15) is 23.0 Å². The summed E-state index contributed by atoms with van der Waals surface area (Å²) in [5.74, 6) is -0.520. The summed E-state index contributed by atoms with van der Waals surface area (Å²) in [6, 6.07) is 7.68. The minimum absolute atomic E-state index is 0.0337. The van der Waals surface area contributed by atoms with Gasteiger partial charge in [-0.15, -0.1) is 0 Å². The van der Waals surface area contributed by atoms with Gasteiger partial charge in [0.1, 0.15) is 23.9 Å². The zero-order chi connectivity index (χ0) is 16.1. The van der Waals surface area contributed by atoms with Gasteiger partial charge in [0.2, 0.25) is 5.91 Å². The Labute approximate surface area is 126 Å². The Morgan fingerprint density at radius 2 is 2.05 bits per heavy atom. The van der Waals surface area contributed by atoms with Gasteiger partial charge < -0.3 is 20.4 Å². The molecule has 0 fully saturated rings. The van der Waals surface area contributed by atoms with Crippen molar-refractivity contribution in [2.24, 2.45) is 0 Å². The minimum atomic E-state index is -0.403. The van der Waals surface area contributed by atoms with Crippen LogP contribution in [0.3, 0.4) is 0 Å². The number of carbonyl (C=O) groups excluding carboxylic acids is 2. The van der Waals surface area contributed by atoms with E-state index in [9.17, 15) is 14.0 Å². The van der Waals surface area contributed by atoms with E-state index in [1.54, 1.807) is 18.2 Å². The van der Waals surface area contributed by atoms with E-state index in [2.05, 4.69) is 15.6 Å². The summed E-state index contributed by atoms with van der Waals surface area (Å²) in [5.41, 5.74) is 0.523. The molecule has 0 aliphatic carbocycles. The Morgan fingerprint density at radius 3 is 2.68 bits per heavy atom. The highest BCUT2D eigenvalue weighted by molar-refractivity contribution is 5.97. The molecule has 2 rings (SSSR count). The highest BCUT2D eigenvalue weighted by atomic mass is 19.1. The fourth-order valence-electron chi connectivity index (χ4n) is 1.87. The molecule has 0 saturated heterocycles. The lowest BCUT2D eigenvalue weighted by Crippen LogP contribution is -2.19. The van der Waals surface area contributed by atoms with Crippen molar-refractivity contribution in [1.29, 1.82) is 0 Å². The van der Waals surface area contributed by atoms with Crippen molar-refractivity contribution in [3.63, 3.8) is 0 Å². The normalized spacial score (nSPS) is 10.1. The number of anilines is 1. The van der Waals surface area contributed by atoms with Gasteiger partial charge in [0.25, 0.3) is 5.91 Å². The number of H-pyrrole nitrogens is 1. The summed E-state index contributed by atoms with van der Waals surface area (Å²) >= 11 is 0. The van der Waals surface area contributed by atoms with Gasteiger partial charge in [-0.25, -0.2) is 4.39 Å². The number of hydrogen-bond donors (Lipinski definition) is 3. The van der Waals surface area contributed by atoms with E-state index < -0.39 is 5.91 Å². The van der Waals surface area contributed by atoms with Crippen molar-refractivity contribution in [3.8, 4) is 5.75 Å². The molecule has 1 aromatic carbocycles. The first kappa shape index (κ1) is 15.6. The van der Waals surface area contributed by atoms with Crippen LogP contribution >= 0.6 is 0 Å². The molecule has 6 nitrogen and oxygen atoms in total. The highest BCUT2D eigenvalue weighted by Crippen LogP contribution is 2.24. The maximum atomic E-state index is 13.6. The molecule has 0 aliphatic rings. The summed E-state index contributed by atoms with van der Waals surface area (Å²) in [6.45, 7) is 1.31. The largest absolute Gasteiger partial charge is 0.486 e. The van der Waals surface area contributed by atoms with Crippen LogP contribution in [-0.4, -0.2) is 23.8 Å². The number of nitrogens with one attached hydrogen (secondary N) is 3. The third-order valence-electron chi connectivity index (χ3n) is 2.89. The topological polar surface area (TPSA) is 83.2 Å². The Balaban J connectivity index is 2.21. The molecule has 0 spiro atoms. The molecule has 1 heterocycles. The molecule has 0 radical (unpaired) electrons. The summed E-state index contributed by atoms with van der Waals surface area (Å²) < 4.78 is 19.1. The van der Waals surface area contributed by atoms with Gasteiger partial charge in [0.05, 0.1) is 0 Å². The maximum Gasteiger partial charge on any atom is 0.271 e. The van der Waals surface area contributed by atoms with E-state index in [-0.39, 0.29) is 29.8 Å². The number of ether oxygens (including phenoxy) is 1. The molecule has 3 N–H and O–H groups in total. The number of carbonyl (C=O) groups is 2. The molecule has 0 unspecified atom stereocenters. The molecule has 0 bridgehead atoms. The van der Waals surface area contributed by atoms with Gasteiger partial charge in [-0.1, -0.05) is 18.2 Å². The number of rotatable bonds is 5. The van der Waals surface area contributed by atoms with Crippen molar-refractivity contribution in [2.45, 2.75) is 13.5 Å². The second kappa shape index (κ2) is 6.75. The van der Waals surface area contributed by atoms with Gasteiger partial charge in [-0.2, -0.15) is 0 Å². The second-order valence-electron chi connectivity index (χ2n) is 4.56. The fourth-order valence-corrected chi connectivity index (χ4v) is 1.87. The summed E-state index contributed by atoms with van der Waals surface area (Å²) in [4.78, 5) is 25.6. The van der Waals surface area contributed by atoms with Crippen LogP contribution < -0.4 is 15.4 Å². The van der Waals surface area contributed by atoms with Crippen LogP contribution in [0, 0.1) is 5.82 Å². The molecule has 0 aliphatic heterocycles. The minimum Gasteiger partial charge on any atom is -0.486 e. The van der Waals surface area contributed by atoms with Crippen molar-refractivity contribution in [2.75, 3.05) is 12.4 Å². The van der Waals surface area contributed by atoms with Crippen LogP contribution in [-0.2, 0) is 11.4 Å². The zero-order valence-electron chi connectivity index (χ0n) is 12.2. The zero-order valence-corrected chi connectivity index (χ0v) is 12.2. The summed E-state index contributed by atoms with van der Waals surface area (Å²) in [7, 11) is 1.47. The Morgan fingerprint density at radius 1 is 1.32 bits per heavy atom. The van der Waals surface area contributed by atoms with Gasteiger partial charge in [0.15, 0.2) is 5.75 Å². The molecule has 7 heteroatoms. The number of benzene rings is 1. The number of aromatic amines is 1. The fraction of sp³-hybridized carbons (Fsp3) is 0.200. The first-order valence-corrected chi connectivity index (χ1v) is 6.60. The molecule has 1 aromatic heterocycles. The Hall–Kier alpha value is -2.83. The second-order valence-corrected chi connectivity index (χ2v) is 4.56. The van der Waals surface area contributed by atoms with Crippen molar-refractivity contribution in [1.82, 2.24) is 10.3 Å².